The number of hydrogen-bond acceptors (Lipinski definition) is 10. The lowest BCUT2D eigenvalue weighted by molar-refractivity contribution is -0.303. The highest BCUT2D eigenvalue weighted by Crippen LogP contribution is 2.23. The summed E-state index contributed by atoms with van der Waals surface area (Å²) in [4.78, 5) is 13.1. The van der Waals surface area contributed by atoms with E-state index in [-0.39, 0.29) is 12.8 Å². The van der Waals surface area contributed by atoms with Crippen LogP contribution in [0.15, 0.2) is 48.6 Å². The van der Waals surface area contributed by atoms with Crippen molar-refractivity contribution in [3.8, 4) is 0 Å². The van der Waals surface area contributed by atoms with Gasteiger partial charge in [0, 0.05) is 0 Å². The molecule has 0 saturated carbocycles. The number of carbonyl (C=O) groups excluding carboxylic acids is 1. The van der Waals surface area contributed by atoms with Crippen LogP contribution >= 0.6 is 0 Å². The summed E-state index contributed by atoms with van der Waals surface area (Å²) in [6, 6.07) is -1.20. The standard InChI is InChI=1S/C53H97NO10/c1-3-5-7-9-11-13-15-17-19-20-21-22-23-24-25-26-27-29-30-32-34-36-38-40-45(56)48(58)44(43-63-53-51(61)50(60)49(59)47(42-55)64-53)54-52(62)46(57)41-39-37-35-33-31-28-18-16-14-12-10-8-6-4-2/h12,14,16,18,26-27,32,34,44-51,53,55-61H,3-11,13,15,17,19-25,28-31,33,35-43H2,1-2H3,(H,54,62)/b14-12-,18-16-,27-26+,34-32+. The molecule has 8 N–H and O–H groups in total. The van der Waals surface area contributed by atoms with Gasteiger partial charge in [0.1, 0.15) is 36.6 Å². The summed E-state index contributed by atoms with van der Waals surface area (Å²) in [6.45, 7) is 3.39. The summed E-state index contributed by atoms with van der Waals surface area (Å²) in [5, 5.41) is 75.8. The van der Waals surface area contributed by atoms with Gasteiger partial charge in [-0.25, -0.2) is 0 Å². The normalized spacial score (nSPS) is 21.4. The van der Waals surface area contributed by atoms with E-state index >= 15 is 0 Å². The van der Waals surface area contributed by atoms with Crippen molar-refractivity contribution >= 4 is 5.91 Å². The number of carbonyl (C=O) groups is 1. The Balaban J connectivity index is 2.41. The molecule has 1 aliphatic rings. The maximum Gasteiger partial charge on any atom is 0.249 e. The highest BCUT2D eigenvalue weighted by atomic mass is 16.7. The van der Waals surface area contributed by atoms with Gasteiger partial charge < -0.3 is 50.5 Å². The van der Waals surface area contributed by atoms with E-state index in [4.69, 9.17) is 9.47 Å². The van der Waals surface area contributed by atoms with Crippen LogP contribution in [0.1, 0.15) is 213 Å². The van der Waals surface area contributed by atoms with Crippen molar-refractivity contribution in [2.75, 3.05) is 13.2 Å². The van der Waals surface area contributed by atoms with Crippen LogP contribution in [0.2, 0.25) is 0 Å². The summed E-state index contributed by atoms with van der Waals surface area (Å²) in [5.74, 6) is -0.724. The van der Waals surface area contributed by atoms with Crippen molar-refractivity contribution in [3.05, 3.63) is 48.6 Å². The molecule has 9 unspecified atom stereocenters. The van der Waals surface area contributed by atoms with Crippen molar-refractivity contribution in [3.63, 3.8) is 0 Å². The molecule has 11 nitrogen and oxygen atoms in total. The van der Waals surface area contributed by atoms with Crippen LogP contribution < -0.4 is 5.32 Å². The molecule has 64 heavy (non-hydrogen) atoms. The molecule has 1 heterocycles. The summed E-state index contributed by atoms with van der Waals surface area (Å²) in [6.07, 6.45) is 40.2. The lowest BCUT2D eigenvalue weighted by atomic mass is 9.98. The summed E-state index contributed by atoms with van der Waals surface area (Å²) < 4.78 is 11.1. The number of rotatable bonds is 43. The number of allylic oxidation sites excluding steroid dienone is 8. The minimum Gasteiger partial charge on any atom is -0.394 e. The quantitative estimate of drug-likeness (QED) is 0.0166. The first-order chi connectivity index (χ1) is 31.2. The van der Waals surface area contributed by atoms with E-state index in [9.17, 15) is 40.5 Å². The largest absolute Gasteiger partial charge is 0.394 e. The molecule has 1 fully saturated rings. The van der Waals surface area contributed by atoms with Crippen LogP contribution in [-0.2, 0) is 14.3 Å². The summed E-state index contributed by atoms with van der Waals surface area (Å²) in [5.41, 5.74) is 0. The van der Waals surface area contributed by atoms with Gasteiger partial charge in [0.25, 0.3) is 0 Å². The van der Waals surface area contributed by atoms with Crippen LogP contribution in [0.4, 0.5) is 0 Å². The third kappa shape index (κ3) is 31.1. The zero-order chi connectivity index (χ0) is 46.9. The Kier molecular flexibility index (Phi) is 39.8. The highest BCUT2D eigenvalue weighted by molar-refractivity contribution is 5.80. The van der Waals surface area contributed by atoms with Gasteiger partial charge in [0.05, 0.1) is 25.4 Å². The minimum atomic E-state index is -1.67. The van der Waals surface area contributed by atoms with E-state index in [1.807, 2.05) is 0 Å². The molecule has 0 aliphatic carbocycles. The van der Waals surface area contributed by atoms with Gasteiger partial charge >= 0.3 is 0 Å². The Bertz CT molecular complexity index is 1180. The van der Waals surface area contributed by atoms with Crippen molar-refractivity contribution in [1.29, 1.82) is 0 Å². The smallest absolute Gasteiger partial charge is 0.249 e. The molecule has 0 aromatic rings. The Hall–Kier alpha value is -1.93. The van der Waals surface area contributed by atoms with Gasteiger partial charge in [-0.3, -0.25) is 4.79 Å². The molecular weight excluding hydrogens is 811 g/mol. The zero-order valence-electron chi connectivity index (χ0n) is 40.5. The number of aliphatic hydroxyl groups is 7. The van der Waals surface area contributed by atoms with Gasteiger partial charge in [-0.05, 0) is 77.0 Å². The SMILES string of the molecule is CCCCC/C=C\C=C/CCCCCCCC(O)C(=O)NC(COC1OC(CO)C(O)C(O)C1O)C(O)C(O)CCC/C=C/CC/C=C/CCCCCCCCCCCCCCCC. The van der Waals surface area contributed by atoms with Crippen LogP contribution in [0.3, 0.4) is 0 Å². The molecule has 11 heteroatoms. The van der Waals surface area contributed by atoms with Gasteiger partial charge in [0.15, 0.2) is 6.29 Å². The van der Waals surface area contributed by atoms with Gasteiger partial charge in [-0.15, -0.1) is 0 Å². The molecule has 0 bridgehead atoms. The van der Waals surface area contributed by atoms with Crippen LogP contribution in [0, 0.1) is 0 Å². The van der Waals surface area contributed by atoms with Gasteiger partial charge in [-0.2, -0.15) is 0 Å². The number of nitrogens with one attached hydrogen (secondary N) is 1. The Morgan fingerprint density at radius 2 is 0.984 bits per heavy atom. The number of hydrogen-bond donors (Lipinski definition) is 8. The predicted molar refractivity (Wildman–Crippen MR) is 261 cm³/mol. The lowest BCUT2D eigenvalue weighted by Crippen LogP contribution is -2.60. The van der Waals surface area contributed by atoms with Crippen molar-refractivity contribution in [2.24, 2.45) is 0 Å². The Labute approximate surface area is 389 Å². The molecule has 1 rings (SSSR count). The van der Waals surface area contributed by atoms with E-state index in [0.717, 1.165) is 57.8 Å². The molecule has 0 spiro atoms. The molecule has 9 atom stereocenters. The second-order valence-corrected chi connectivity index (χ2v) is 18.3. The molecule has 0 radical (unpaired) electrons. The topological polar surface area (TPSA) is 189 Å². The average molecular weight is 908 g/mol. The molecule has 0 aromatic carbocycles. The third-order valence-corrected chi connectivity index (χ3v) is 12.4. The third-order valence-electron chi connectivity index (χ3n) is 12.4. The van der Waals surface area contributed by atoms with Crippen LogP contribution in [0.5, 0.6) is 0 Å². The second-order valence-electron chi connectivity index (χ2n) is 18.3. The zero-order valence-corrected chi connectivity index (χ0v) is 40.5. The monoisotopic (exact) mass is 908 g/mol. The fourth-order valence-electron chi connectivity index (χ4n) is 8.04. The van der Waals surface area contributed by atoms with Crippen molar-refractivity contribution < 1.29 is 50.0 Å². The lowest BCUT2D eigenvalue weighted by Gasteiger charge is -2.40. The van der Waals surface area contributed by atoms with Gasteiger partial charge in [0.2, 0.25) is 5.91 Å². The molecule has 0 aromatic heterocycles. The number of amides is 1. The highest BCUT2D eigenvalue weighted by Gasteiger charge is 2.44. The fraction of sp³-hybridized carbons (Fsp3) is 0.830. The molecule has 1 amide bonds. The molecule has 1 saturated heterocycles. The maximum atomic E-state index is 13.1. The Morgan fingerprint density at radius 3 is 1.52 bits per heavy atom. The summed E-state index contributed by atoms with van der Waals surface area (Å²) in [7, 11) is 0. The number of aliphatic hydroxyl groups excluding tert-OH is 7. The van der Waals surface area contributed by atoms with E-state index in [1.54, 1.807) is 0 Å². The first-order valence-corrected chi connectivity index (χ1v) is 26.1. The molecular formula is C53H97NO10. The Morgan fingerprint density at radius 1 is 0.547 bits per heavy atom. The molecule has 1 aliphatic heterocycles. The van der Waals surface area contributed by atoms with E-state index in [0.29, 0.717) is 19.3 Å². The van der Waals surface area contributed by atoms with E-state index < -0.39 is 74.2 Å². The van der Waals surface area contributed by atoms with Crippen LogP contribution in [-0.4, -0.2) is 110 Å². The predicted octanol–water partition coefficient (Wildman–Crippen LogP) is 9.73. The summed E-state index contributed by atoms with van der Waals surface area (Å²) >= 11 is 0. The first kappa shape index (κ1) is 60.1. The molecule has 374 valence electrons. The van der Waals surface area contributed by atoms with Crippen molar-refractivity contribution in [1.82, 2.24) is 5.32 Å². The second kappa shape index (κ2) is 42.4. The minimum absolute atomic E-state index is 0.231. The number of unbranched alkanes of at least 4 members (excludes halogenated alkanes) is 24. The first-order valence-electron chi connectivity index (χ1n) is 26.1. The fourth-order valence-corrected chi connectivity index (χ4v) is 8.04. The van der Waals surface area contributed by atoms with E-state index in [1.165, 1.54) is 109 Å². The van der Waals surface area contributed by atoms with Gasteiger partial charge in [-0.1, -0.05) is 184 Å². The van der Waals surface area contributed by atoms with Crippen LogP contribution in [0.25, 0.3) is 0 Å². The van der Waals surface area contributed by atoms with E-state index in [2.05, 4.69) is 67.8 Å². The average Bonchev–Trinajstić information content (AvgIpc) is 3.29. The van der Waals surface area contributed by atoms with Crippen molar-refractivity contribution in [2.45, 2.75) is 268 Å². The number of ether oxygens (including phenoxy) is 2. The maximum absolute atomic E-state index is 13.1.